The van der Waals surface area contributed by atoms with Crippen molar-refractivity contribution in [1.82, 2.24) is 9.71 Å². The Morgan fingerprint density at radius 1 is 1.23 bits per heavy atom. The van der Waals surface area contributed by atoms with Gasteiger partial charge in [-0.25, -0.2) is 13.1 Å². The van der Waals surface area contributed by atoms with Crippen molar-refractivity contribution < 1.29 is 26.4 Å². The second kappa shape index (κ2) is 8.14. The molecule has 0 aliphatic rings. The lowest BCUT2D eigenvalue weighted by molar-refractivity contribution is -0.138. The molecular weight excluding hydrogens is 439 g/mol. The zero-order valence-corrected chi connectivity index (χ0v) is 15.5. The zero-order chi connectivity index (χ0) is 19.4. The molecule has 0 bridgehead atoms. The topological polar surface area (TPSA) is 88.2 Å². The van der Waals surface area contributed by atoms with E-state index in [1.807, 2.05) is 0 Å². The third-order valence-electron chi connectivity index (χ3n) is 3.14. The van der Waals surface area contributed by atoms with E-state index >= 15 is 0 Å². The highest BCUT2D eigenvalue weighted by molar-refractivity contribution is 9.10. The van der Waals surface area contributed by atoms with Gasteiger partial charge in [-0.3, -0.25) is 9.78 Å². The van der Waals surface area contributed by atoms with Gasteiger partial charge in [-0.15, -0.1) is 0 Å². The number of alkyl halides is 3. The van der Waals surface area contributed by atoms with Gasteiger partial charge in [-0.05, 0) is 30.3 Å². The van der Waals surface area contributed by atoms with E-state index in [0.29, 0.717) is 0 Å². The van der Waals surface area contributed by atoms with Crippen LogP contribution in [0.5, 0.6) is 0 Å². The maximum Gasteiger partial charge on any atom is 0.417 e. The van der Waals surface area contributed by atoms with Gasteiger partial charge >= 0.3 is 6.18 Å². The number of nitrogens with one attached hydrogen (secondary N) is 2. The minimum atomic E-state index is -4.57. The highest BCUT2D eigenvalue weighted by atomic mass is 79.9. The fourth-order valence-corrected chi connectivity index (χ4v) is 3.40. The van der Waals surface area contributed by atoms with Gasteiger partial charge < -0.3 is 5.32 Å². The lowest BCUT2D eigenvalue weighted by Crippen LogP contribution is -2.28. The molecule has 0 radical (unpaired) electrons. The van der Waals surface area contributed by atoms with Gasteiger partial charge in [0.1, 0.15) is 4.90 Å². The second-order valence-electron chi connectivity index (χ2n) is 5.08. The number of rotatable bonds is 6. The van der Waals surface area contributed by atoms with Gasteiger partial charge in [0.25, 0.3) is 0 Å². The first-order chi connectivity index (χ1) is 12.1. The Morgan fingerprint density at radius 2 is 1.96 bits per heavy atom. The average molecular weight is 452 g/mol. The number of pyridine rings is 1. The van der Waals surface area contributed by atoms with Crippen molar-refractivity contribution in [3.05, 3.63) is 52.8 Å². The summed E-state index contributed by atoms with van der Waals surface area (Å²) in [6.45, 7) is -0.217. The number of hydrogen-bond donors (Lipinski definition) is 2. The number of halogens is 4. The first-order valence-corrected chi connectivity index (χ1v) is 9.43. The lowest BCUT2D eigenvalue weighted by Gasteiger charge is -2.12. The molecule has 2 N–H and O–H groups in total. The Hall–Kier alpha value is -1.98. The van der Waals surface area contributed by atoms with Crippen LogP contribution in [0.1, 0.15) is 12.0 Å². The monoisotopic (exact) mass is 451 g/mol. The van der Waals surface area contributed by atoms with Crippen LogP contribution in [0.3, 0.4) is 0 Å². The SMILES string of the molecule is O=C(CCNS(=O)(=O)c1cccnc1)Nc1ccc(Br)c(C(F)(F)F)c1. The van der Waals surface area contributed by atoms with E-state index in [1.54, 1.807) is 0 Å². The third-order valence-corrected chi connectivity index (χ3v) is 5.28. The van der Waals surface area contributed by atoms with Crippen molar-refractivity contribution in [3.8, 4) is 0 Å². The molecule has 0 saturated heterocycles. The molecule has 1 amide bonds. The Morgan fingerprint density at radius 3 is 2.58 bits per heavy atom. The molecule has 0 unspecified atom stereocenters. The first-order valence-electron chi connectivity index (χ1n) is 7.16. The fourth-order valence-electron chi connectivity index (χ4n) is 1.93. The number of hydrogen-bond acceptors (Lipinski definition) is 4. The van der Waals surface area contributed by atoms with Crippen molar-refractivity contribution >= 4 is 37.5 Å². The van der Waals surface area contributed by atoms with Crippen molar-refractivity contribution in [3.63, 3.8) is 0 Å². The summed E-state index contributed by atoms with van der Waals surface area (Å²) in [5.41, 5.74) is -0.965. The van der Waals surface area contributed by atoms with Gasteiger partial charge in [0.05, 0.1) is 5.56 Å². The maximum atomic E-state index is 12.8. The number of carbonyl (C=O) groups excluding carboxylic acids is 1. The summed E-state index contributed by atoms with van der Waals surface area (Å²) in [7, 11) is -3.81. The molecule has 1 heterocycles. The van der Waals surface area contributed by atoms with Crippen molar-refractivity contribution in [1.29, 1.82) is 0 Å². The highest BCUT2D eigenvalue weighted by Gasteiger charge is 2.33. The Balaban J connectivity index is 1.94. The standard InChI is InChI=1S/C15H13BrF3N3O3S/c16-13-4-3-10(8-12(13)15(17,18)19)22-14(23)5-7-21-26(24,25)11-2-1-6-20-9-11/h1-4,6,8-9,21H,5,7H2,(H,22,23). The summed E-state index contributed by atoms with van der Waals surface area (Å²) in [6.07, 6.45) is -2.25. The zero-order valence-electron chi connectivity index (χ0n) is 13.0. The molecule has 1 aromatic carbocycles. The van der Waals surface area contributed by atoms with E-state index in [1.165, 1.54) is 30.5 Å². The number of sulfonamides is 1. The highest BCUT2D eigenvalue weighted by Crippen LogP contribution is 2.36. The van der Waals surface area contributed by atoms with Gasteiger partial charge in [0.15, 0.2) is 0 Å². The van der Waals surface area contributed by atoms with E-state index in [4.69, 9.17) is 0 Å². The molecule has 0 fully saturated rings. The van der Waals surface area contributed by atoms with E-state index in [2.05, 4.69) is 31.0 Å². The average Bonchev–Trinajstić information content (AvgIpc) is 2.56. The van der Waals surface area contributed by atoms with E-state index in [0.717, 1.165) is 12.3 Å². The molecule has 0 aliphatic carbocycles. The largest absolute Gasteiger partial charge is 0.417 e. The first kappa shape index (κ1) is 20.3. The Bertz CT molecular complexity index is 890. The molecule has 140 valence electrons. The minimum Gasteiger partial charge on any atom is -0.326 e. The number of amides is 1. The summed E-state index contributed by atoms with van der Waals surface area (Å²) in [4.78, 5) is 15.5. The maximum absolute atomic E-state index is 12.8. The summed E-state index contributed by atoms with van der Waals surface area (Å²) < 4.78 is 64.5. The number of anilines is 1. The summed E-state index contributed by atoms with van der Waals surface area (Å²) in [5.74, 6) is -0.630. The molecule has 0 spiro atoms. The van der Waals surface area contributed by atoms with Crippen LogP contribution in [-0.4, -0.2) is 25.9 Å². The molecule has 1 aromatic heterocycles. The summed E-state index contributed by atoms with van der Waals surface area (Å²) in [5, 5.41) is 2.30. The molecule has 2 rings (SSSR count). The van der Waals surface area contributed by atoms with Gasteiger partial charge in [-0.2, -0.15) is 13.2 Å². The van der Waals surface area contributed by atoms with Gasteiger partial charge in [-0.1, -0.05) is 15.9 Å². The minimum absolute atomic E-state index is 0.0411. The normalized spacial score (nSPS) is 12.0. The van der Waals surface area contributed by atoms with Crippen molar-refractivity contribution in [2.45, 2.75) is 17.5 Å². The van der Waals surface area contributed by atoms with Crippen molar-refractivity contribution in [2.75, 3.05) is 11.9 Å². The third kappa shape index (κ3) is 5.51. The predicted molar refractivity (Wildman–Crippen MR) is 91.8 cm³/mol. The molecule has 11 heteroatoms. The lowest BCUT2D eigenvalue weighted by atomic mass is 10.2. The van der Waals surface area contributed by atoms with Crippen LogP contribution in [-0.2, 0) is 21.0 Å². The molecule has 0 saturated carbocycles. The van der Waals surface area contributed by atoms with Crippen LogP contribution in [0.15, 0.2) is 52.1 Å². The number of benzene rings is 1. The van der Waals surface area contributed by atoms with Crippen LogP contribution in [0.4, 0.5) is 18.9 Å². The van der Waals surface area contributed by atoms with Crippen LogP contribution >= 0.6 is 15.9 Å². The van der Waals surface area contributed by atoms with Crippen LogP contribution in [0, 0.1) is 0 Å². The van der Waals surface area contributed by atoms with E-state index in [-0.39, 0.29) is 28.0 Å². The summed E-state index contributed by atoms with van der Waals surface area (Å²) in [6, 6.07) is 6.06. The number of nitrogens with zero attached hydrogens (tertiary/aromatic N) is 1. The smallest absolute Gasteiger partial charge is 0.326 e. The predicted octanol–water partition coefficient (Wildman–Crippen LogP) is 3.17. The van der Waals surface area contributed by atoms with Crippen LogP contribution < -0.4 is 10.0 Å². The molecule has 26 heavy (non-hydrogen) atoms. The van der Waals surface area contributed by atoms with Crippen molar-refractivity contribution in [2.24, 2.45) is 0 Å². The van der Waals surface area contributed by atoms with Crippen LogP contribution in [0.2, 0.25) is 0 Å². The molecule has 0 aliphatic heterocycles. The molecule has 6 nitrogen and oxygen atoms in total. The van der Waals surface area contributed by atoms with Gasteiger partial charge in [0, 0.05) is 35.5 Å². The van der Waals surface area contributed by atoms with Crippen LogP contribution in [0.25, 0.3) is 0 Å². The Labute approximate surface area is 156 Å². The summed E-state index contributed by atoms with van der Waals surface area (Å²) >= 11 is 2.80. The molecular formula is C15H13BrF3N3O3S. The quantitative estimate of drug-likeness (QED) is 0.705. The van der Waals surface area contributed by atoms with Gasteiger partial charge in [0.2, 0.25) is 15.9 Å². The number of aromatic nitrogens is 1. The second-order valence-corrected chi connectivity index (χ2v) is 7.70. The molecule has 2 aromatic rings. The molecule has 0 atom stereocenters. The fraction of sp³-hybridized carbons (Fsp3) is 0.200. The van der Waals surface area contributed by atoms with E-state index < -0.39 is 27.7 Å². The Kier molecular flexibility index (Phi) is 6.37. The van der Waals surface area contributed by atoms with E-state index in [9.17, 15) is 26.4 Å². The number of carbonyl (C=O) groups is 1.